The third-order valence-electron chi connectivity index (χ3n) is 5.45. The summed E-state index contributed by atoms with van der Waals surface area (Å²) in [6, 6.07) is 9.85. The lowest BCUT2D eigenvalue weighted by atomic mass is 10.1. The second kappa shape index (κ2) is 7.94. The molecule has 3 heterocycles. The maximum absolute atomic E-state index is 13.6. The van der Waals surface area contributed by atoms with Gasteiger partial charge < -0.3 is 14.6 Å². The summed E-state index contributed by atoms with van der Waals surface area (Å²) in [5, 5.41) is 19.9. The highest BCUT2D eigenvalue weighted by atomic mass is 35.5. The normalized spacial score (nSPS) is 14.8. The number of hydrogen-bond acceptors (Lipinski definition) is 6. The van der Waals surface area contributed by atoms with Gasteiger partial charge in [0.15, 0.2) is 11.6 Å². The zero-order valence-corrected chi connectivity index (χ0v) is 17.0. The monoisotopic (exact) mass is 427 g/mol. The third-order valence-corrected chi connectivity index (χ3v) is 5.66. The minimum absolute atomic E-state index is 0.0380. The zero-order chi connectivity index (χ0) is 21.4. The molecule has 0 aliphatic carbocycles. The fourth-order valence-corrected chi connectivity index (χ4v) is 3.98. The molecule has 7 nitrogen and oxygen atoms in total. The lowest BCUT2D eigenvalue weighted by Crippen LogP contribution is -2.47. The third kappa shape index (κ3) is 3.47. The summed E-state index contributed by atoms with van der Waals surface area (Å²) in [6.45, 7) is 2.71. The Balaban J connectivity index is 1.64. The van der Waals surface area contributed by atoms with E-state index in [-0.39, 0.29) is 22.0 Å². The lowest BCUT2D eigenvalue weighted by Gasteiger charge is -2.36. The second-order valence-corrected chi connectivity index (χ2v) is 7.60. The standard InChI is InChI=1S/C21H19ClFN5O2/c1-26-16-5-6-17(22)25-18(16)19(14(11-24)21(26)30)28-9-7-27(8-10-28)12-13-3-2-4-15(23)20(13)29/h2-6,29H,7-10,12H2,1H3. The number of halogens is 2. The van der Waals surface area contributed by atoms with Crippen LogP contribution in [0.5, 0.6) is 5.75 Å². The van der Waals surface area contributed by atoms with Crippen LogP contribution in [-0.2, 0) is 13.6 Å². The molecule has 4 rings (SSSR count). The van der Waals surface area contributed by atoms with Gasteiger partial charge in [0, 0.05) is 45.3 Å². The van der Waals surface area contributed by atoms with Crippen molar-refractivity contribution in [2.45, 2.75) is 6.54 Å². The molecular formula is C21H19ClFN5O2. The Morgan fingerprint density at radius 1 is 1.23 bits per heavy atom. The first-order valence-corrected chi connectivity index (χ1v) is 9.81. The van der Waals surface area contributed by atoms with Gasteiger partial charge in [0.2, 0.25) is 0 Å². The Labute approximate surface area is 177 Å². The van der Waals surface area contributed by atoms with E-state index in [4.69, 9.17) is 11.6 Å². The number of aromatic hydroxyl groups is 1. The van der Waals surface area contributed by atoms with Crippen LogP contribution in [0, 0.1) is 17.1 Å². The molecule has 0 atom stereocenters. The van der Waals surface area contributed by atoms with Crippen molar-refractivity contribution < 1.29 is 9.50 Å². The molecule has 2 aromatic heterocycles. The molecule has 0 radical (unpaired) electrons. The highest BCUT2D eigenvalue weighted by molar-refractivity contribution is 6.29. The van der Waals surface area contributed by atoms with Gasteiger partial charge in [0.05, 0.1) is 11.2 Å². The number of phenols is 1. The van der Waals surface area contributed by atoms with Crippen molar-refractivity contribution in [3.8, 4) is 11.8 Å². The molecule has 1 N–H and O–H groups in total. The van der Waals surface area contributed by atoms with E-state index in [1.54, 1.807) is 31.3 Å². The smallest absolute Gasteiger partial charge is 0.270 e. The average molecular weight is 428 g/mol. The van der Waals surface area contributed by atoms with Gasteiger partial charge in [0.1, 0.15) is 22.3 Å². The fraction of sp³-hybridized carbons (Fsp3) is 0.286. The first kappa shape index (κ1) is 20.1. The first-order chi connectivity index (χ1) is 14.4. The van der Waals surface area contributed by atoms with E-state index < -0.39 is 5.82 Å². The summed E-state index contributed by atoms with van der Waals surface area (Å²) in [5.74, 6) is -0.970. The van der Waals surface area contributed by atoms with Gasteiger partial charge in [-0.3, -0.25) is 9.69 Å². The van der Waals surface area contributed by atoms with Gasteiger partial charge in [-0.25, -0.2) is 9.37 Å². The molecule has 9 heteroatoms. The minimum Gasteiger partial charge on any atom is -0.505 e. The molecule has 0 saturated carbocycles. The minimum atomic E-state index is -0.639. The van der Waals surface area contributed by atoms with E-state index in [2.05, 4.69) is 9.88 Å². The number of aryl methyl sites for hydroxylation is 1. The van der Waals surface area contributed by atoms with E-state index in [9.17, 15) is 19.6 Å². The van der Waals surface area contributed by atoms with Crippen molar-refractivity contribution in [2.75, 3.05) is 31.1 Å². The van der Waals surface area contributed by atoms with E-state index in [0.29, 0.717) is 55.0 Å². The summed E-state index contributed by atoms with van der Waals surface area (Å²) >= 11 is 6.10. The molecule has 0 unspecified atom stereocenters. The number of nitrogens with zero attached hydrogens (tertiary/aromatic N) is 5. The summed E-state index contributed by atoms with van der Waals surface area (Å²) in [7, 11) is 1.61. The summed E-state index contributed by atoms with van der Waals surface area (Å²) in [6.07, 6.45) is 0. The molecule has 0 spiro atoms. The number of benzene rings is 1. The highest BCUT2D eigenvalue weighted by Crippen LogP contribution is 2.30. The van der Waals surface area contributed by atoms with Crippen LogP contribution in [-0.4, -0.2) is 45.7 Å². The quantitative estimate of drug-likeness (QED) is 0.647. The van der Waals surface area contributed by atoms with Crippen LogP contribution in [0.15, 0.2) is 35.1 Å². The number of aromatic nitrogens is 2. The van der Waals surface area contributed by atoms with Crippen molar-refractivity contribution in [3.63, 3.8) is 0 Å². The molecule has 1 aromatic carbocycles. The molecule has 0 bridgehead atoms. The second-order valence-electron chi connectivity index (χ2n) is 7.21. The number of phenolic OH excluding ortho intramolecular Hbond substituents is 1. The number of rotatable bonds is 3. The van der Waals surface area contributed by atoms with Crippen molar-refractivity contribution in [1.82, 2.24) is 14.5 Å². The van der Waals surface area contributed by atoms with Crippen LogP contribution < -0.4 is 10.5 Å². The average Bonchev–Trinajstić information content (AvgIpc) is 2.74. The molecular weight excluding hydrogens is 409 g/mol. The highest BCUT2D eigenvalue weighted by Gasteiger charge is 2.25. The Morgan fingerprint density at radius 3 is 2.67 bits per heavy atom. The van der Waals surface area contributed by atoms with Crippen molar-refractivity contribution in [1.29, 1.82) is 5.26 Å². The van der Waals surface area contributed by atoms with Gasteiger partial charge in [0.25, 0.3) is 5.56 Å². The van der Waals surface area contributed by atoms with E-state index in [1.807, 2.05) is 11.0 Å². The van der Waals surface area contributed by atoms with Crippen molar-refractivity contribution in [2.24, 2.45) is 7.05 Å². The first-order valence-electron chi connectivity index (χ1n) is 9.43. The SMILES string of the molecule is Cn1c(=O)c(C#N)c(N2CCN(Cc3cccc(F)c3O)CC2)c2nc(Cl)ccc21. The van der Waals surface area contributed by atoms with Crippen LogP contribution in [0.3, 0.4) is 0 Å². The number of nitriles is 1. The molecule has 30 heavy (non-hydrogen) atoms. The summed E-state index contributed by atoms with van der Waals surface area (Å²) < 4.78 is 15.0. The predicted molar refractivity (Wildman–Crippen MR) is 112 cm³/mol. The maximum atomic E-state index is 13.6. The molecule has 154 valence electrons. The number of piperazine rings is 1. The van der Waals surface area contributed by atoms with Gasteiger partial charge in [-0.2, -0.15) is 5.26 Å². The number of para-hydroxylation sites is 1. The van der Waals surface area contributed by atoms with Gasteiger partial charge >= 0.3 is 0 Å². The number of anilines is 1. The number of fused-ring (bicyclic) bond motifs is 1. The predicted octanol–water partition coefficient (Wildman–Crippen LogP) is 2.63. The molecule has 1 fully saturated rings. The molecule has 1 aliphatic rings. The molecule has 1 aliphatic heterocycles. The van der Waals surface area contributed by atoms with Gasteiger partial charge in [-0.15, -0.1) is 0 Å². The molecule has 0 amide bonds. The summed E-state index contributed by atoms with van der Waals surface area (Å²) in [4.78, 5) is 21.2. The fourth-order valence-electron chi connectivity index (χ4n) is 3.84. The van der Waals surface area contributed by atoms with Gasteiger partial charge in [-0.1, -0.05) is 23.7 Å². The van der Waals surface area contributed by atoms with Crippen LogP contribution in [0.2, 0.25) is 5.15 Å². The Kier molecular flexibility index (Phi) is 5.33. The number of hydrogen-bond donors (Lipinski definition) is 1. The van der Waals surface area contributed by atoms with E-state index in [1.165, 1.54) is 10.6 Å². The molecule has 1 saturated heterocycles. The number of pyridine rings is 2. The van der Waals surface area contributed by atoms with E-state index in [0.717, 1.165) is 0 Å². The maximum Gasteiger partial charge on any atom is 0.270 e. The Morgan fingerprint density at radius 2 is 1.97 bits per heavy atom. The van der Waals surface area contributed by atoms with Crippen LogP contribution in [0.1, 0.15) is 11.1 Å². The zero-order valence-electron chi connectivity index (χ0n) is 16.3. The Hall–Kier alpha value is -3.15. The van der Waals surface area contributed by atoms with Crippen LogP contribution in [0.25, 0.3) is 11.0 Å². The summed E-state index contributed by atoms with van der Waals surface area (Å²) in [5.41, 5.74) is 1.79. The van der Waals surface area contributed by atoms with E-state index >= 15 is 0 Å². The van der Waals surface area contributed by atoms with Crippen LogP contribution >= 0.6 is 11.6 Å². The van der Waals surface area contributed by atoms with Crippen molar-refractivity contribution in [3.05, 3.63) is 62.8 Å². The largest absolute Gasteiger partial charge is 0.505 e. The lowest BCUT2D eigenvalue weighted by molar-refractivity contribution is 0.246. The Bertz CT molecular complexity index is 1230. The van der Waals surface area contributed by atoms with Crippen molar-refractivity contribution >= 4 is 28.3 Å². The van der Waals surface area contributed by atoms with Gasteiger partial charge in [-0.05, 0) is 18.2 Å². The molecule has 3 aromatic rings. The topological polar surface area (TPSA) is 85.4 Å². The van der Waals surface area contributed by atoms with Crippen LogP contribution in [0.4, 0.5) is 10.1 Å².